The van der Waals surface area contributed by atoms with E-state index >= 15 is 0 Å². The van der Waals surface area contributed by atoms with Crippen LogP contribution in [0.25, 0.3) is 0 Å². The summed E-state index contributed by atoms with van der Waals surface area (Å²) in [6.45, 7) is 3.73. The smallest absolute Gasteiger partial charge is 0.253 e. The number of nitrogen functional groups attached to an aromatic ring is 1. The number of anilines is 1. The Kier molecular flexibility index (Phi) is 5.25. The average Bonchev–Trinajstić information content (AvgIpc) is 2.31. The number of amides is 1. The molecule has 0 atom stereocenters. The van der Waals surface area contributed by atoms with E-state index in [4.69, 9.17) is 5.73 Å². The summed E-state index contributed by atoms with van der Waals surface area (Å²) >= 11 is 0. The third-order valence-electron chi connectivity index (χ3n) is 2.37. The maximum absolute atomic E-state index is 11.8. The lowest BCUT2D eigenvalue weighted by Crippen LogP contribution is -2.34. The molecule has 106 valence electrons. The van der Waals surface area contributed by atoms with Crippen molar-refractivity contribution in [3.63, 3.8) is 0 Å². The molecule has 0 radical (unpaired) electrons. The van der Waals surface area contributed by atoms with E-state index in [2.05, 4.69) is 15.0 Å². The van der Waals surface area contributed by atoms with Crippen LogP contribution in [0.1, 0.15) is 23.0 Å². The van der Waals surface area contributed by atoms with E-state index in [0.717, 1.165) is 0 Å². The Hall–Kier alpha value is -1.67. The van der Waals surface area contributed by atoms with Crippen LogP contribution in [0.15, 0.2) is 12.3 Å². The lowest BCUT2D eigenvalue weighted by atomic mass is 10.2. The predicted molar refractivity (Wildman–Crippen MR) is 73.2 cm³/mol. The fourth-order valence-electron chi connectivity index (χ4n) is 1.47. The molecule has 1 aromatic heterocycles. The number of nitrogens with one attached hydrogen (secondary N) is 2. The monoisotopic (exact) mass is 286 g/mol. The summed E-state index contributed by atoms with van der Waals surface area (Å²) in [6, 6.07) is 1.51. The first-order valence-electron chi connectivity index (χ1n) is 5.83. The number of rotatable bonds is 6. The van der Waals surface area contributed by atoms with Gasteiger partial charge in [-0.2, -0.15) is 0 Å². The van der Waals surface area contributed by atoms with E-state index in [1.165, 1.54) is 12.3 Å². The van der Waals surface area contributed by atoms with Crippen LogP contribution < -0.4 is 15.8 Å². The average molecular weight is 286 g/mol. The second kappa shape index (κ2) is 6.48. The van der Waals surface area contributed by atoms with Crippen molar-refractivity contribution in [2.24, 2.45) is 0 Å². The molecule has 0 saturated heterocycles. The molecule has 19 heavy (non-hydrogen) atoms. The fourth-order valence-corrected chi connectivity index (χ4v) is 2.42. The number of hydrogen-bond donors (Lipinski definition) is 3. The van der Waals surface area contributed by atoms with Gasteiger partial charge in [-0.25, -0.2) is 13.1 Å². The van der Waals surface area contributed by atoms with Crippen LogP contribution in [0.5, 0.6) is 0 Å². The van der Waals surface area contributed by atoms with Crippen LogP contribution >= 0.6 is 0 Å². The standard InChI is InChI=1S/C11H18N4O3S/c1-3-15-19(17,18)5-4-13-11(16)10-6-9(12)7-14-8(10)2/h6-7,15H,3-5,12H2,1-2H3,(H,13,16). The highest BCUT2D eigenvalue weighted by molar-refractivity contribution is 7.89. The quantitative estimate of drug-likeness (QED) is 0.661. The SMILES string of the molecule is CCNS(=O)(=O)CCNC(=O)c1cc(N)cnc1C. The van der Waals surface area contributed by atoms with E-state index in [9.17, 15) is 13.2 Å². The second-order valence-electron chi connectivity index (χ2n) is 3.97. The third-order valence-corrected chi connectivity index (χ3v) is 3.84. The Morgan fingerprint density at radius 1 is 1.47 bits per heavy atom. The minimum absolute atomic E-state index is 0.0302. The molecular formula is C11H18N4O3S. The zero-order valence-electron chi connectivity index (χ0n) is 10.9. The second-order valence-corrected chi connectivity index (χ2v) is 5.90. The topological polar surface area (TPSA) is 114 Å². The zero-order valence-corrected chi connectivity index (χ0v) is 11.8. The van der Waals surface area contributed by atoms with Crippen LogP contribution in [0.4, 0.5) is 5.69 Å². The van der Waals surface area contributed by atoms with Crippen LogP contribution in [-0.4, -0.2) is 38.2 Å². The lowest BCUT2D eigenvalue weighted by Gasteiger charge is -2.08. The number of nitrogens with two attached hydrogens (primary N) is 1. The number of hydrogen-bond acceptors (Lipinski definition) is 5. The summed E-state index contributed by atoms with van der Waals surface area (Å²) in [5, 5.41) is 2.53. The van der Waals surface area contributed by atoms with Crippen molar-refractivity contribution in [3.05, 3.63) is 23.5 Å². The predicted octanol–water partition coefficient (Wildman–Crippen LogP) is -0.359. The normalized spacial score (nSPS) is 11.3. The number of carbonyl (C=O) groups is 1. The molecule has 0 aliphatic heterocycles. The van der Waals surface area contributed by atoms with Gasteiger partial charge in [0.25, 0.3) is 5.91 Å². The van der Waals surface area contributed by atoms with Gasteiger partial charge in [-0.1, -0.05) is 6.92 Å². The molecule has 1 aromatic rings. The van der Waals surface area contributed by atoms with E-state index < -0.39 is 10.0 Å². The Bertz CT molecular complexity index is 557. The maximum Gasteiger partial charge on any atom is 0.253 e. The van der Waals surface area contributed by atoms with Crippen molar-refractivity contribution in [2.75, 3.05) is 24.6 Å². The molecule has 0 aromatic carbocycles. The van der Waals surface area contributed by atoms with Gasteiger partial charge >= 0.3 is 0 Å². The molecule has 0 unspecified atom stereocenters. The Morgan fingerprint density at radius 3 is 2.79 bits per heavy atom. The number of pyridine rings is 1. The molecule has 0 saturated carbocycles. The van der Waals surface area contributed by atoms with E-state index in [1.54, 1.807) is 13.8 Å². The molecule has 0 aliphatic carbocycles. The summed E-state index contributed by atoms with van der Waals surface area (Å²) in [6.07, 6.45) is 1.46. The van der Waals surface area contributed by atoms with Crippen molar-refractivity contribution in [1.82, 2.24) is 15.0 Å². The molecule has 7 nitrogen and oxygen atoms in total. The highest BCUT2D eigenvalue weighted by Gasteiger charge is 2.12. The molecule has 0 spiro atoms. The summed E-state index contributed by atoms with van der Waals surface area (Å²) in [7, 11) is -3.33. The highest BCUT2D eigenvalue weighted by atomic mass is 32.2. The minimum atomic E-state index is -3.33. The van der Waals surface area contributed by atoms with E-state index in [0.29, 0.717) is 23.5 Å². The van der Waals surface area contributed by atoms with E-state index in [-0.39, 0.29) is 18.2 Å². The van der Waals surface area contributed by atoms with Crippen LogP contribution in [0.3, 0.4) is 0 Å². The molecule has 1 amide bonds. The maximum atomic E-state index is 11.8. The summed E-state index contributed by atoms with van der Waals surface area (Å²) in [5.74, 6) is -0.550. The number of carbonyl (C=O) groups excluding carboxylic acids is 1. The van der Waals surface area contributed by atoms with Crippen molar-refractivity contribution >= 4 is 21.6 Å². The van der Waals surface area contributed by atoms with Gasteiger partial charge in [-0.3, -0.25) is 9.78 Å². The first-order valence-corrected chi connectivity index (χ1v) is 7.48. The zero-order chi connectivity index (χ0) is 14.5. The molecule has 0 fully saturated rings. The van der Waals surface area contributed by atoms with Gasteiger partial charge in [0, 0.05) is 13.1 Å². The summed E-state index contributed by atoms with van der Waals surface area (Å²) in [4.78, 5) is 15.8. The molecule has 1 heterocycles. The summed E-state index contributed by atoms with van der Waals surface area (Å²) in [5.41, 5.74) is 6.83. The number of aryl methyl sites for hydroxylation is 1. The van der Waals surface area contributed by atoms with Crippen molar-refractivity contribution in [1.29, 1.82) is 0 Å². The first-order chi connectivity index (χ1) is 8.85. The van der Waals surface area contributed by atoms with Gasteiger partial charge < -0.3 is 11.1 Å². The number of aromatic nitrogens is 1. The Balaban J connectivity index is 2.59. The molecule has 0 bridgehead atoms. The fraction of sp³-hybridized carbons (Fsp3) is 0.455. The largest absolute Gasteiger partial charge is 0.397 e. The molecule has 1 rings (SSSR count). The molecular weight excluding hydrogens is 268 g/mol. The van der Waals surface area contributed by atoms with E-state index in [1.807, 2.05) is 0 Å². The van der Waals surface area contributed by atoms with Gasteiger partial charge in [0.1, 0.15) is 0 Å². The van der Waals surface area contributed by atoms with Crippen molar-refractivity contribution < 1.29 is 13.2 Å². The molecule has 8 heteroatoms. The van der Waals surface area contributed by atoms with Gasteiger partial charge in [-0.05, 0) is 13.0 Å². The number of nitrogens with zero attached hydrogens (tertiary/aromatic N) is 1. The highest BCUT2D eigenvalue weighted by Crippen LogP contribution is 2.08. The van der Waals surface area contributed by atoms with Crippen molar-refractivity contribution in [3.8, 4) is 0 Å². The third kappa shape index (κ3) is 4.84. The first kappa shape index (κ1) is 15.4. The minimum Gasteiger partial charge on any atom is -0.397 e. The van der Waals surface area contributed by atoms with Crippen LogP contribution in [-0.2, 0) is 10.0 Å². The Labute approximate surface area is 112 Å². The van der Waals surface area contributed by atoms with Gasteiger partial charge in [0.15, 0.2) is 0 Å². The van der Waals surface area contributed by atoms with Crippen LogP contribution in [0.2, 0.25) is 0 Å². The lowest BCUT2D eigenvalue weighted by molar-refractivity contribution is 0.0955. The van der Waals surface area contributed by atoms with Gasteiger partial charge in [0.05, 0.1) is 28.9 Å². The number of sulfonamides is 1. The van der Waals surface area contributed by atoms with Crippen LogP contribution in [0, 0.1) is 6.92 Å². The van der Waals surface area contributed by atoms with Crippen molar-refractivity contribution in [2.45, 2.75) is 13.8 Å². The van der Waals surface area contributed by atoms with Gasteiger partial charge in [-0.15, -0.1) is 0 Å². The molecule has 4 N–H and O–H groups in total. The Morgan fingerprint density at radius 2 is 2.16 bits per heavy atom. The summed E-state index contributed by atoms with van der Waals surface area (Å²) < 4.78 is 25.1. The van der Waals surface area contributed by atoms with Gasteiger partial charge in [0.2, 0.25) is 10.0 Å². The molecule has 0 aliphatic rings.